The van der Waals surface area contributed by atoms with E-state index in [9.17, 15) is 9.18 Å². The highest BCUT2D eigenvalue weighted by atomic mass is 35.5. The van der Waals surface area contributed by atoms with Gasteiger partial charge in [0.05, 0.1) is 7.11 Å². The van der Waals surface area contributed by atoms with Crippen molar-refractivity contribution in [1.29, 1.82) is 0 Å². The number of methoxy groups -OCH3 is 1. The number of nitrogens with zero attached hydrogens (tertiary/aromatic N) is 1. The molecule has 6 heteroatoms. The zero-order chi connectivity index (χ0) is 20.2. The molecule has 2 aromatic carbocycles. The number of benzene rings is 2. The number of ketones is 1. The van der Waals surface area contributed by atoms with Gasteiger partial charge >= 0.3 is 0 Å². The second-order valence-corrected chi connectivity index (χ2v) is 7.82. The lowest BCUT2D eigenvalue weighted by Gasteiger charge is -2.31. The average Bonchev–Trinajstić information content (AvgIpc) is 3.16. The number of hydrogen-bond acceptors (Lipinski definition) is 3. The van der Waals surface area contributed by atoms with E-state index in [0.717, 1.165) is 56.6 Å². The Morgan fingerprint density at radius 3 is 2.60 bits per heavy atom. The highest BCUT2D eigenvalue weighted by Crippen LogP contribution is 2.25. The van der Waals surface area contributed by atoms with Gasteiger partial charge in [-0.15, -0.1) is 12.4 Å². The second-order valence-electron chi connectivity index (χ2n) is 7.82. The molecule has 0 unspecified atom stereocenters. The van der Waals surface area contributed by atoms with E-state index in [1.54, 1.807) is 19.2 Å². The van der Waals surface area contributed by atoms with Gasteiger partial charge in [0.15, 0.2) is 5.78 Å². The lowest BCUT2D eigenvalue weighted by Crippen LogP contribution is -2.37. The number of piperidine rings is 1. The van der Waals surface area contributed by atoms with Gasteiger partial charge in [0.25, 0.3) is 0 Å². The zero-order valence-corrected chi connectivity index (χ0v) is 18.0. The Morgan fingerprint density at radius 1 is 1.17 bits per heavy atom. The first kappa shape index (κ1) is 22.3. The van der Waals surface area contributed by atoms with Crippen LogP contribution in [0.15, 0.2) is 48.7 Å². The molecule has 1 aromatic heterocycles. The van der Waals surface area contributed by atoms with Gasteiger partial charge in [-0.1, -0.05) is 0 Å². The van der Waals surface area contributed by atoms with Crippen LogP contribution in [0, 0.1) is 11.7 Å². The minimum atomic E-state index is -0.301. The molecule has 0 amide bonds. The molecule has 0 saturated carbocycles. The number of ether oxygens (including phenoxy) is 1. The third-order valence-electron chi connectivity index (χ3n) is 5.98. The summed E-state index contributed by atoms with van der Waals surface area (Å²) in [6.07, 6.45) is 5.95. The molecule has 3 aromatic rings. The SMILES string of the molecule is COc1ccc2[nH]cc(CCCN3CCC(C(=O)c4ccc(F)cc4)CC3)c2c1.Cl. The fraction of sp³-hybridized carbons (Fsp3) is 0.375. The lowest BCUT2D eigenvalue weighted by molar-refractivity contribution is 0.0839. The van der Waals surface area contributed by atoms with Crippen LogP contribution in [0.3, 0.4) is 0 Å². The van der Waals surface area contributed by atoms with E-state index in [1.165, 1.54) is 23.1 Å². The Bertz CT molecular complexity index is 979. The first-order valence-corrected chi connectivity index (χ1v) is 10.3. The summed E-state index contributed by atoms with van der Waals surface area (Å²) in [6, 6.07) is 12.0. The number of H-pyrrole nitrogens is 1. The molecular formula is C24H28ClFN2O2. The third kappa shape index (κ3) is 5.02. The van der Waals surface area contributed by atoms with Gasteiger partial charge in [-0.25, -0.2) is 4.39 Å². The van der Waals surface area contributed by atoms with Gasteiger partial charge < -0.3 is 14.6 Å². The molecule has 4 nitrogen and oxygen atoms in total. The molecule has 0 radical (unpaired) electrons. The maximum atomic E-state index is 13.1. The predicted molar refractivity (Wildman–Crippen MR) is 120 cm³/mol. The van der Waals surface area contributed by atoms with E-state index in [2.05, 4.69) is 28.2 Å². The van der Waals surface area contributed by atoms with Crippen molar-refractivity contribution in [3.05, 3.63) is 65.6 Å². The van der Waals surface area contributed by atoms with Crippen LogP contribution >= 0.6 is 12.4 Å². The maximum Gasteiger partial charge on any atom is 0.166 e. The molecular weight excluding hydrogens is 403 g/mol. The Balaban J connectivity index is 0.00000256. The first-order chi connectivity index (χ1) is 14.1. The normalized spacial score (nSPS) is 15.1. The van der Waals surface area contributed by atoms with Crippen LogP contribution in [0.5, 0.6) is 5.75 Å². The summed E-state index contributed by atoms with van der Waals surface area (Å²) in [6.45, 7) is 2.92. The summed E-state index contributed by atoms with van der Waals surface area (Å²) in [5.41, 5.74) is 3.08. The molecule has 0 aliphatic carbocycles. The predicted octanol–water partition coefficient (Wildman–Crippen LogP) is 5.26. The maximum absolute atomic E-state index is 13.1. The van der Waals surface area contributed by atoms with Crippen LogP contribution in [-0.2, 0) is 6.42 Å². The molecule has 160 valence electrons. The second kappa shape index (κ2) is 10.1. The molecule has 30 heavy (non-hydrogen) atoms. The standard InChI is InChI=1S/C24H27FN2O2.ClH/c1-29-21-8-9-23-22(15-21)19(16-26-23)3-2-12-27-13-10-18(11-14-27)24(28)17-4-6-20(25)7-5-17;/h4-9,15-16,18,26H,2-3,10-14H2,1H3;1H. The molecule has 2 heterocycles. The van der Waals surface area contributed by atoms with Crippen molar-refractivity contribution in [3.63, 3.8) is 0 Å². The molecule has 1 fully saturated rings. The van der Waals surface area contributed by atoms with E-state index in [4.69, 9.17) is 4.74 Å². The lowest BCUT2D eigenvalue weighted by atomic mass is 9.89. The summed E-state index contributed by atoms with van der Waals surface area (Å²) in [4.78, 5) is 18.4. The topological polar surface area (TPSA) is 45.3 Å². The van der Waals surface area contributed by atoms with Crippen molar-refractivity contribution in [2.75, 3.05) is 26.7 Å². The molecule has 0 bridgehead atoms. The number of aromatic nitrogens is 1. The largest absolute Gasteiger partial charge is 0.497 e. The van der Waals surface area contributed by atoms with E-state index >= 15 is 0 Å². The van der Waals surface area contributed by atoms with Crippen LogP contribution in [0.1, 0.15) is 35.2 Å². The van der Waals surface area contributed by atoms with Crippen LogP contribution < -0.4 is 4.74 Å². The van der Waals surface area contributed by atoms with Crippen molar-refractivity contribution >= 4 is 29.1 Å². The number of Topliss-reactive ketones (excluding diaryl/α,β-unsaturated/α-hetero) is 1. The molecule has 4 rings (SSSR count). The number of hydrogen-bond donors (Lipinski definition) is 1. The van der Waals surface area contributed by atoms with Crippen molar-refractivity contribution in [2.24, 2.45) is 5.92 Å². The van der Waals surface area contributed by atoms with E-state index in [1.807, 2.05) is 6.07 Å². The number of likely N-dealkylation sites (tertiary alicyclic amines) is 1. The Labute approximate surface area is 182 Å². The molecule has 1 aliphatic rings. The van der Waals surface area contributed by atoms with Gasteiger partial charge in [0.1, 0.15) is 11.6 Å². The average molecular weight is 431 g/mol. The Morgan fingerprint density at radius 2 is 1.90 bits per heavy atom. The van der Waals surface area contributed by atoms with Gasteiger partial charge in [0.2, 0.25) is 0 Å². The van der Waals surface area contributed by atoms with Crippen molar-refractivity contribution in [1.82, 2.24) is 9.88 Å². The minimum Gasteiger partial charge on any atom is -0.497 e. The van der Waals surface area contributed by atoms with E-state index < -0.39 is 0 Å². The molecule has 1 N–H and O–H groups in total. The van der Waals surface area contributed by atoms with Gasteiger partial charge in [0, 0.05) is 28.6 Å². The summed E-state index contributed by atoms with van der Waals surface area (Å²) < 4.78 is 18.4. The number of halogens is 2. The molecule has 0 spiro atoms. The fourth-order valence-electron chi connectivity index (χ4n) is 4.25. The van der Waals surface area contributed by atoms with Crippen LogP contribution in [0.4, 0.5) is 4.39 Å². The van der Waals surface area contributed by atoms with Crippen molar-refractivity contribution in [2.45, 2.75) is 25.7 Å². The van der Waals surface area contributed by atoms with Gasteiger partial charge in [-0.3, -0.25) is 4.79 Å². The highest BCUT2D eigenvalue weighted by molar-refractivity contribution is 5.97. The summed E-state index contributed by atoms with van der Waals surface area (Å²) in [5, 5.41) is 1.23. The number of aryl methyl sites for hydroxylation is 1. The number of aromatic amines is 1. The van der Waals surface area contributed by atoms with Crippen molar-refractivity contribution < 1.29 is 13.9 Å². The number of nitrogens with one attached hydrogen (secondary N) is 1. The number of rotatable bonds is 7. The molecule has 1 saturated heterocycles. The zero-order valence-electron chi connectivity index (χ0n) is 17.2. The first-order valence-electron chi connectivity index (χ1n) is 10.3. The van der Waals surface area contributed by atoms with Crippen LogP contribution in [0.25, 0.3) is 10.9 Å². The smallest absolute Gasteiger partial charge is 0.166 e. The molecule has 1 aliphatic heterocycles. The van der Waals surface area contributed by atoms with E-state index in [-0.39, 0.29) is 29.9 Å². The summed E-state index contributed by atoms with van der Waals surface area (Å²) >= 11 is 0. The van der Waals surface area contributed by atoms with Gasteiger partial charge in [-0.2, -0.15) is 0 Å². The third-order valence-corrected chi connectivity index (χ3v) is 5.98. The fourth-order valence-corrected chi connectivity index (χ4v) is 4.25. The minimum absolute atomic E-state index is 0. The number of carbonyl (C=O) groups is 1. The monoisotopic (exact) mass is 430 g/mol. The summed E-state index contributed by atoms with van der Waals surface area (Å²) in [5.74, 6) is 0.784. The van der Waals surface area contributed by atoms with Crippen LogP contribution in [-0.4, -0.2) is 42.4 Å². The van der Waals surface area contributed by atoms with Gasteiger partial charge in [-0.05, 0) is 93.3 Å². The Kier molecular flexibility index (Phi) is 7.51. The Hall–Kier alpha value is -2.37. The number of fused-ring (bicyclic) bond motifs is 1. The van der Waals surface area contributed by atoms with Crippen LogP contribution in [0.2, 0.25) is 0 Å². The highest BCUT2D eigenvalue weighted by Gasteiger charge is 2.25. The molecule has 0 atom stereocenters. The van der Waals surface area contributed by atoms with E-state index in [0.29, 0.717) is 5.56 Å². The quantitative estimate of drug-likeness (QED) is 0.519. The summed E-state index contributed by atoms with van der Waals surface area (Å²) in [7, 11) is 1.69. The van der Waals surface area contributed by atoms with Crippen molar-refractivity contribution in [3.8, 4) is 5.75 Å². The number of carbonyl (C=O) groups excluding carboxylic acids is 1.